The second-order valence-corrected chi connectivity index (χ2v) is 5.27. The molecular weight excluding hydrogens is 216 g/mol. The van der Waals surface area contributed by atoms with Gasteiger partial charge in [-0.2, -0.15) is 0 Å². The van der Waals surface area contributed by atoms with Gasteiger partial charge in [0.05, 0.1) is 6.61 Å². The Morgan fingerprint density at radius 2 is 2.29 bits per heavy atom. The minimum atomic E-state index is -0.834. The number of carbonyl (C=O) groups excluding carboxylic acids is 1. The average Bonchev–Trinajstić information content (AvgIpc) is 2.65. The molecule has 2 atom stereocenters. The van der Waals surface area contributed by atoms with Crippen molar-refractivity contribution in [1.29, 1.82) is 0 Å². The Hall–Kier alpha value is -0.610. The number of nitrogens with two attached hydrogens (primary N) is 1. The van der Waals surface area contributed by atoms with Crippen molar-refractivity contribution in [3.05, 3.63) is 0 Å². The summed E-state index contributed by atoms with van der Waals surface area (Å²) >= 11 is 0. The van der Waals surface area contributed by atoms with Gasteiger partial charge in [-0.15, -0.1) is 0 Å². The van der Waals surface area contributed by atoms with Crippen molar-refractivity contribution in [2.75, 3.05) is 19.7 Å². The van der Waals surface area contributed by atoms with Crippen molar-refractivity contribution < 1.29 is 9.53 Å². The predicted octanol–water partition coefficient (Wildman–Crippen LogP) is 1.53. The molecule has 4 nitrogen and oxygen atoms in total. The van der Waals surface area contributed by atoms with Crippen LogP contribution in [0, 0.1) is 0 Å². The van der Waals surface area contributed by atoms with Crippen molar-refractivity contribution in [2.45, 2.75) is 58.0 Å². The van der Waals surface area contributed by atoms with E-state index in [2.05, 4.69) is 11.8 Å². The second-order valence-electron chi connectivity index (χ2n) is 5.27. The summed E-state index contributed by atoms with van der Waals surface area (Å²) in [6.07, 6.45) is 4.22. The number of esters is 1. The zero-order valence-electron chi connectivity index (χ0n) is 11.4. The van der Waals surface area contributed by atoms with E-state index in [1.807, 2.05) is 0 Å². The van der Waals surface area contributed by atoms with Gasteiger partial charge in [0.2, 0.25) is 0 Å². The van der Waals surface area contributed by atoms with E-state index in [-0.39, 0.29) is 5.97 Å². The molecule has 1 rings (SSSR count). The molecule has 0 bridgehead atoms. The van der Waals surface area contributed by atoms with Gasteiger partial charge in [0.15, 0.2) is 0 Å². The fourth-order valence-electron chi connectivity index (χ4n) is 2.37. The third-order valence-corrected chi connectivity index (χ3v) is 3.57. The van der Waals surface area contributed by atoms with Crippen molar-refractivity contribution in [3.8, 4) is 0 Å². The van der Waals surface area contributed by atoms with Crippen LogP contribution in [0.25, 0.3) is 0 Å². The molecule has 0 radical (unpaired) electrons. The third kappa shape index (κ3) is 4.28. The first kappa shape index (κ1) is 14.5. The van der Waals surface area contributed by atoms with Crippen LogP contribution in [0.3, 0.4) is 0 Å². The monoisotopic (exact) mass is 242 g/mol. The number of nitrogens with zero attached hydrogens (tertiary/aromatic N) is 1. The maximum Gasteiger partial charge on any atom is 0.325 e. The van der Waals surface area contributed by atoms with Crippen LogP contribution in [0.1, 0.15) is 46.5 Å². The highest BCUT2D eigenvalue weighted by Gasteiger charge is 2.30. The summed E-state index contributed by atoms with van der Waals surface area (Å²) in [5, 5.41) is 0. The number of rotatable bonds is 6. The lowest BCUT2D eigenvalue weighted by Crippen LogP contribution is -2.46. The first-order valence-electron chi connectivity index (χ1n) is 6.67. The Bertz CT molecular complexity index is 254. The van der Waals surface area contributed by atoms with Crippen molar-refractivity contribution >= 4 is 5.97 Å². The molecule has 1 heterocycles. The molecule has 0 aromatic carbocycles. The Morgan fingerprint density at radius 3 is 2.82 bits per heavy atom. The molecule has 0 saturated carbocycles. The molecule has 0 amide bonds. The van der Waals surface area contributed by atoms with E-state index in [1.165, 1.54) is 19.4 Å². The van der Waals surface area contributed by atoms with Crippen LogP contribution in [0.5, 0.6) is 0 Å². The molecule has 1 aliphatic heterocycles. The van der Waals surface area contributed by atoms with Crippen LogP contribution in [0.15, 0.2) is 0 Å². The number of hydrogen-bond acceptors (Lipinski definition) is 4. The summed E-state index contributed by atoms with van der Waals surface area (Å²) in [7, 11) is 0. The van der Waals surface area contributed by atoms with Crippen LogP contribution < -0.4 is 5.73 Å². The summed E-state index contributed by atoms with van der Waals surface area (Å²) in [5.41, 5.74) is 5.14. The summed E-state index contributed by atoms with van der Waals surface area (Å²) in [6, 6.07) is 0.682. The molecule has 1 aliphatic rings. The topological polar surface area (TPSA) is 55.6 Å². The van der Waals surface area contributed by atoms with E-state index >= 15 is 0 Å². The lowest BCUT2D eigenvalue weighted by atomic mass is 9.97. The van der Waals surface area contributed by atoms with Crippen LogP contribution in [-0.4, -0.2) is 42.1 Å². The number of carbonyl (C=O) groups is 1. The van der Waals surface area contributed by atoms with Gasteiger partial charge in [-0.05, 0) is 59.5 Å². The van der Waals surface area contributed by atoms with Crippen molar-refractivity contribution in [2.24, 2.45) is 5.73 Å². The molecule has 4 heteroatoms. The van der Waals surface area contributed by atoms with Crippen LogP contribution in [-0.2, 0) is 9.53 Å². The van der Waals surface area contributed by atoms with E-state index in [1.54, 1.807) is 13.8 Å². The fourth-order valence-corrected chi connectivity index (χ4v) is 2.37. The number of hydrogen-bond donors (Lipinski definition) is 1. The zero-order valence-corrected chi connectivity index (χ0v) is 11.4. The van der Waals surface area contributed by atoms with Gasteiger partial charge in [0.25, 0.3) is 0 Å². The van der Waals surface area contributed by atoms with Crippen molar-refractivity contribution in [1.82, 2.24) is 4.90 Å². The molecule has 2 N–H and O–H groups in total. The molecule has 17 heavy (non-hydrogen) atoms. The van der Waals surface area contributed by atoms with Gasteiger partial charge in [-0.1, -0.05) is 0 Å². The first-order chi connectivity index (χ1) is 7.97. The van der Waals surface area contributed by atoms with Crippen LogP contribution in [0.4, 0.5) is 0 Å². The predicted molar refractivity (Wildman–Crippen MR) is 68.7 cm³/mol. The van der Waals surface area contributed by atoms with E-state index in [0.717, 1.165) is 13.0 Å². The highest BCUT2D eigenvalue weighted by Crippen LogP contribution is 2.18. The van der Waals surface area contributed by atoms with Gasteiger partial charge in [0.1, 0.15) is 5.54 Å². The normalized spacial score (nSPS) is 24.6. The molecule has 0 aromatic heterocycles. The second kappa shape index (κ2) is 6.36. The Labute approximate surface area is 104 Å². The van der Waals surface area contributed by atoms with E-state index < -0.39 is 5.54 Å². The summed E-state index contributed by atoms with van der Waals surface area (Å²) in [6.45, 7) is 8.45. The Morgan fingerprint density at radius 1 is 1.59 bits per heavy atom. The third-order valence-electron chi connectivity index (χ3n) is 3.57. The van der Waals surface area contributed by atoms with E-state index in [9.17, 15) is 4.79 Å². The zero-order chi connectivity index (χ0) is 12.9. The Balaban J connectivity index is 2.27. The molecule has 0 aliphatic carbocycles. The molecule has 0 spiro atoms. The van der Waals surface area contributed by atoms with Gasteiger partial charge in [-0.3, -0.25) is 4.79 Å². The molecule has 100 valence electrons. The molecular formula is C13H26N2O2. The molecule has 2 unspecified atom stereocenters. The standard InChI is InChI=1S/C13H26N2O2/c1-4-17-12(16)13(3,14)8-6-10-15-9-5-7-11(15)2/h11H,4-10,14H2,1-3H3. The van der Waals surface area contributed by atoms with Crippen LogP contribution in [0.2, 0.25) is 0 Å². The van der Waals surface area contributed by atoms with Gasteiger partial charge in [0, 0.05) is 6.04 Å². The maximum atomic E-state index is 11.6. The fraction of sp³-hybridized carbons (Fsp3) is 0.923. The highest BCUT2D eigenvalue weighted by atomic mass is 16.5. The lowest BCUT2D eigenvalue weighted by Gasteiger charge is -2.25. The first-order valence-corrected chi connectivity index (χ1v) is 6.67. The van der Waals surface area contributed by atoms with Gasteiger partial charge >= 0.3 is 5.97 Å². The minimum Gasteiger partial charge on any atom is -0.465 e. The van der Waals surface area contributed by atoms with Crippen LogP contribution >= 0.6 is 0 Å². The van der Waals surface area contributed by atoms with Gasteiger partial charge in [-0.25, -0.2) is 0 Å². The molecule has 1 saturated heterocycles. The quantitative estimate of drug-likeness (QED) is 0.718. The van der Waals surface area contributed by atoms with Gasteiger partial charge < -0.3 is 15.4 Å². The molecule has 0 aromatic rings. The van der Waals surface area contributed by atoms with Crippen molar-refractivity contribution in [3.63, 3.8) is 0 Å². The molecule has 1 fully saturated rings. The highest BCUT2D eigenvalue weighted by molar-refractivity contribution is 5.79. The lowest BCUT2D eigenvalue weighted by molar-refractivity contribution is -0.149. The number of ether oxygens (including phenoxy) is 1. The SMILES string of the molecule is CCOC(=O)C(C)(N)CCCN1CCCC1C. The van der Waals surface area contributed by atoms with E-state index in [4.69, 9.17) is 10.5 Å². The maximum absolute atomic E-state index is 11.6. The smallest absolute Gasteiger partial charge is 0.325 e. The number of likely N-dealkylation sites (tertiary alicyclic amines) is 1. The summed E-state index contributed by atoms with van der Waals surface area (Å²) in [4.78, 5) is 14.1. The Kier molecular flexibility index (Phi) is 5.40. The summed E-state index contributed by atoms with van der Waals surface area (Å²) < 4.78 is 4.97. The average molecular weight is 242 g/mol. The minimum absolute atomic E-state index is 0.283. The van der Waals surface area contributed by atoms with E-state index in [0.29, 0.717) is 19.1 Å². The summed E-state index contributed by atoms with van der Waals surface area (Å²) in [5.74, 6) is -0.283. The largest absolute Gasteiger partial charge is 0.465 e.